The molecular formula is C17H23F2NO3S. The van der Waals surface area contributed by atoms with Gasteiger partial charge in [0.05, 0.1) is 11.8 Å². The number of esters is 1. The Labute approximate surface area is 145 Å². The summed E-state index contributed by atoms with van der Waals surface area (Å²) in [5.74, 6) is -2.83. The number of rotatable bonds is 7. The van der Waals surface area contributed by atoms with E-state index in [-0.39, 0.29) is 28.5 Å². The summed E-state index contributed by atoms with van der Waals surface area (Å²) < 4.78 is 33.0. The van der Waals surface area contributed by atoms with Crippen LogP contribution in [-0.4, -0.2) is 23.2 Å². The minimum Gasteiger partial charge on any atom is -0.462 e. The van der Waals surface area contributed by atoms with E-state index in [0.717, 1.165) is 11.8 Å². The predicted molar refractivity (Wildman–Crippen MR) is 91.0 cm³/mol. The second-order valence-electron chi connectivity index (χ2n) is 5.82. The highest BCUT2D eigenvalue weighted by atomic mass is 32.2. The van der Waals surface area contributed by atoms with Crippen LogP contribution in [0.1, 0.15) is 41.0 Å². The Morgan fingerprint density at radius 1 is 1.17 bits per heavy atom. The highest BCUT2D eigenvalue weighted by molar-refractivity contribution is 8.00. The van der Waals surface area contributed by atoms with E-state index in [9.17, 15) is 18.4 Å². The van der Waals surface area contributed by atoms with Crippen LogP contribution >= 0.6 is 11.8 Å². The van der Waals surface area contributed by atoms with Crippen LogP contribution in [-0.2, 0) is 14.3 Å². The van der Waals surface area contributed by atoms with Gasteiger partial charge in [-0.3, -0.25) is 9.59 Å². The molecule has 0 spiro atoms. The number of halogens is 2. The molecule has 1 aromatic rings. The van der Waals surface area contributed by atoms with Crippen LogP contribution in [0.4, 0.5) is 14.5 Å². The van der Waals surface area contributed by atoms with Crippen molar-refractivity contribution in [2.45, 2.75) is 57.3 Å². The molecule has 1 amide bonds. The van der Waals surface area contributed by atoms with Gasteiger partial charge in [-0.05, 0) is 26.3 Å². The summed E-state index contributed by atoms with van der Waals surface area (Å²) in [6, 6.07) is 1.90. The Bertz CT molecular complexity index is 608. The Kier molecular flexibility index (Phi) is 7.66. The molecule has 0 saturated heterocycles. The van der Waals surface area contributed by atoms with Gasteiger partial charge in [-0.1, -0.05) is 20.8 Å². The quantitative estimate of drug-likeness (QED) is 0.580. The van der Waals surface area contributed by atoms with E-state index in [2.05, 4.69) is 5.32 Å². The van der Waals surface area contributed by atoms with Crippen molar-refractivity contribution in [1.82, 2.24) is 0 Å². The van der Waals surface area contributed by atoms with Crippen molar-refractivity contribution < 1.29 is 23.1 Å². The third kappa shape index (κ3) is 5.78. The Morgan fingerprint density at radius 2 is 1.79 bits per heavy atom. The summed E-state index contributed by atoms with van der Waals surface area (Å²) in [4.78, 5) is 23.7. The molecule has 1 N–H and O–H groups in total. The first kappa shape index (κ1) is 20.4. The van der Waals surface area contributed by atoms with Gasteiger partial charge in [-0.25, -0.2) is 8.78 Å². The van der Waals surface area contributed by atoms with Gasteiger partial charge in [-0.15, -0.1) is 11.8 Å². The summed E-state index contributed by atoms with van der Waals surface area (Å²) in [5, 5.41) is 1.75. The number of amides is 1. The zero-order chi connectivity index (χ0) is 18.4. The number of nitrogens with one attached hydrogen (secondary N) is 1. The molecule has 2 unspecified atom stereocenters. The second kappa shape index (κ2) is 9.01. The molecule has 0 fully saturated rings. The second-order valence-corrected chi connectivity index (χ2v) is 7.20. The molecule has 0 aliphatic rings. The molecule has 0 radical (unpaired) electrons. The molecule has 24 heavy (non-hydrogen) atoms. The number of ether oxygens (including phenoxy) is 1. The number of thioether (sulfide) groups is 1. The van der Waals surface area contributed by atoms with E-state index in [1.807, 2.05) is 6.92 Å². The molecular weight excluding hydrogens is 336 g/mol. The van der Waals surface area contributed by atoms with Gasteiger partial charge in [0.15, 0.2) is 0 Å². The van der Waals surface area contributed by atoms with Crippen LogP contribution in [0.5, 0.6) is 0 Å². The van der Waals surface area contributed by atoms with Gasteiger partial charge in [0.2, 0.25) is 5.91 Å². The van der Waals surface area contributed by atoms with Gasteiger partial charge in [0.1, 0.15) is 16.9 Å². The number of benzene rings is 1. The van der Waals surface area contributed by atoms with Crippen molar-refractivity contribution in [3.8, 4) is 0 Å². The summed E-state index contributed by atoms with van der Waals surface area (Å²) >= 11 is 0.922. The third-order valence-electron chi connectivity index (χ3n) is 3.33. The van der Waals surface area contributed by atoms with Crippen molar-refractivity contribution in [1.29, 1.82) is 0 Å². The fourth-order valence-electron chi connectivity index (χ4n) is 1.61. The topological polar surface area (TPSA) is 55.4 Å². The fourth-order valence-corrected chi connectivity index (χ4v) is 2.50. The van der Waals surface area contributed by atoms with Crippen LogP contribution in [0.15, 0.2) is 17.0 Å². The molecule has 1 rings (SSSR count). The largest absolute Gasteiger partial charge is 0.462 e. The lowest BCUT2D eigenvalue weighted by Gasteiger charge is -2.16. The highest BCUT2D eigenvalue weighted by Crippen LogP contribution is 2.31. The molecule has 7 heteroatoms. The van der Waals surface area contributed by atoms with Gasteiger partial charge in [-0.2, -0.15) is 0 Å². The van der Waals surface area contributed by atoms with E-state index < -0.39 is 22.9 Å². The highest BCUT2D eigenvalue weighted by Gasteiger charge is 2.21. The van der Waals surface area contributed by atoms with E-state index in [1.165, 1.54) is 6.07 Å². The molecule has 1 aromatic carbocycles. The van der Waals surface area contributed by atoms with E-state index >= 15 is 0 Å². The van der Waals surface area contributed by atoms with Gasteiger partial charge < -0.3 is 10.1 Å². The lowest BCUT2D eigenvalue weighted by molar-refractivity contribution is -0.147. The van der Waals surface area contributed by atoms with Crippen molar-refractivity contribution >= 4 is 29.3 Å². The molecule has 0 heterocycles. The molecule has 0 bridgehead atoms. The summed E-state index contributed by atoms with van der Waals surface area (Å²) in [5.41, 5.74) is -0.111. The molecule has 0 aliphatic heterocycles. The number of anilines is 1. The number of carbonyl (C=O) groups is 2. The number of hydrogen-bond acceptors (Lipinski definition) is 4. The van der Waals surface area contributed by atoms with Crippen LogP contribution in [0.2, 0.25) is 0 Å². The smallest absolute Gasteiger partial charge is 0.319 e. The average molecular weight is 359 g/mol. The van der Waals surface area contributed by atoms with E-state index in [1.54, 1.807) is 27.7 Å². The van der Waals surface area contributed by atoms with Crippen LogP contribution in [0.25, 0.3) is 0 Å². The predicted octanol–water partition coefficient (Wildman–Crippen LogP) is 4.38. The van der Waals surface area contributed by atoms with E-state index in [0.29, 0.717) is 12.5 Å². The number of hydrogen-bond donors (Lipinski definition) is 1. The standard InChI is InChI=1S/C17H23F2NO3S/c1-6-10(4)23-17(22)11(5)24-15-8-14(12(18)7-13(15)19)20-16(21)9(2)3/h7-11H,6H2,1-5H3,(H,20,21). The monoisotopic (exact) mass is 359 g/mol. The van der Waals surface area contributed by atoms with E-state index in [4.69, 9.17) is 4.74 Å². The minimum atomic E-state index is -0.860. The lowest BCUT2D eigenvalue weighted by Crippen LogP contribution is -2.22. The first-order chi connectivity index (χ1) is 11.1. The summed E-state index contributed by atoms with van der Waals surface area (Å²) in [6.07, 6.45) is 0.457. The van der Waals surface area contributed by atoms with Gasteiger partial charge in [0.25, 0.3) is 0 Å². The maximum absolute atomic E-state index is 14.0. The normalized spacial score (nSPS) is 13.5. The average Bonchev–Trinajstić information content (AvgIpc) is 2.51. The van der Waals surface area contributed by atoms with Crippen LogP contribution in [0, 0.1) is 17.6 Å². The molecule has 4 nitrogen and oxygen atoms in total. The maximum atomic E-state index is 14.0. The summed E-state index contributed by atoms with van der Waals surface area (Å²) in [6.45, 7) is 8.58. The minimum absolute atomic E-state index is 0.0732. The maximum Gasteiger partial charge on any atom is 0.319 e. The number of carbonyl (C=O) groups excluding carboxylic acids is 2. The van der Waals surface area contributed by atoms with Gasteiger partial charge in [0, 0.05) is 16.9 Å². The van der Waals surface area contributed by atoms with Crippen molar-refractivity contribution in [3.63, 3.8) is 0 Å². The third-order valence-corrected chi connectivity index (χ3v) is 4.44. The van der Waals surface area contributed by atoms with Crippen molar-refractivity contribution in [2.75, 3.05) is 5.32 Å². The Morgan fingerprint density at radius 3 is 2.33 bits per heavy atom. The first-order valence-corrected chi connectivity index (χ1v) is 8.70. The summed E-state index contributed by atoms with van der Waals surface area (Å²) in [7, 11) is 0. The van der Waals surface area contributed by atoms with Gasteiger partial charge >= 0.3 is 5.97 Å². The molecule has 0 aromatic heterocycles. The van der Waals surface area contributed by atoms with Crippen molar-refractivity contribution in [2.24, 2.45) is 5.92 Å². The van der Waals surface area contributed by atoms with Crippen molar-refractivity contribution in [3.05, 3.63) is 23.8 Å². The molecule has 134 valence electrons. The zero-order valence-corrected chi connectivity index (χ0v) is 15.3. The molecule has 0 aliphatic carbocycles. The fraction of sp³-hybridized carbons (Fsp3) is 0.529. The zero-order valence-electron chi connectivity index (χ0n) is 14.5. The molecule has 0 saturated carbocycles. The Balaban J connectivity index is 2.91. The SMILES string of the molecule is CCC(C)OC(=O)C(C)Sc1cc(NC(=O)C(C)C)c(F)cc1F. The van der Waals surface area contributed by atoms with Crippen LogP contribution in [0.3, 0.4) is 0 Å². The molecule has 2 atom stereocenters. The lowest BCUT2D eigenvalue weighted by atomic mass is 10.2. The Hall–Kier alpha value is -1.63. The first-order valence-electron chi connectivity index (χ1n) is 7.82. The van der Waals surface area contributed by atoms with Crippen LogP contribution < -0.4 is 5.32 Å².